The van der Waals surface area contributed by atoms with Gasteiger partial charge in [-0.3, -0.25) is 4.79 Å². The maximum Gasteiger partial charge on any atom is 0.217 e. The second kappa shape index (κ2) is 7.66. The van der Waals surface area contributed by atoms with E-state index in [0.29, 0.717) is 0 Å². The minimum atomic E-state index is -1.31. The van der Waals surface area contributed by atoms with Gasteiger partial charge in [-0.05, 0) is 5.56 Å². The third-order valence-corrected chi connectivity index (χ3v) is 3.51. The summed E-state index contributed by atoms with van der Waals surface area (Å²) in [6.07, 6.45) is -4.55. The molecule has 22 heavy (non-hydrogen) atoms. The Bertz CT molecular complexity index is 482. The van der Waals surface area contributed by atoms with Gasteiger partial charge in [-0.15, -0.1) is 0 Å². The summed E-state index contributed by atoms with van der Waals surface area (Å²) in [5.74, 6) is -0.379. The average Bonchev–Trinajstić information content (AvgIpc) is 2.52. The molecule has 1 saturated heterocycles. The van der Waals surface area contributed by atoms with Crippen molar-refractivity contribution in [1.29, 1.82) is 0 Å². The van der Waals surface area contributed by atoms with Gasteiger partial charge < -0.3 is 30.1 Å². The van der Waals surface area contributed by atoms with Gasteiger partial charge in [0.1, 0.15) is 24.4 Å². The topological polar surface area (TPSA) is 108 Å². The Morgan fingerprint density at radius 1 is 1.27 bits per heavy atom. The smallest absolute Gasteiger partial charge is 0.217 e. The molecule has 4 N–H and O–H groups in total. The Morgan fingerprint density at radius 3 is 2.55 bits per heavy atom. The fourth-order valence-corrected chi connectivity index (χ4v) is 2.37. The lowest BCUT2D eigenvalue weighted by molar-refractivity contribution is -0.273. The molecule has 1 aliphatic rings. The summed E-state index contributed by atoms with van der Waals surface area (Å²) in [4.78, 5) is 11.3. The lowest BCUT2D eigenvalue weighted by Gasteiger charge is -2.42. The highest BCUT2D eigenvalue weighted by molar-refractivity contribution is 5.73. The first kappa shape index (κ1) is 16.9. The normalized spacial score (nSPS) is 31.7. The van der Waals surface area contributed by atoms with Gasteiger partial charge in [-0.1, -0.05) is 30.3 Å². The van der Waals surface area contributed by atoms with Gasteiger partial charge in [0.15, 0.2) is 6.29 Å². The van der Waals surface area contributed by atoms with Crippen LogP contribution in [0.5, 0.6) is 0 Å². The van der Waals surface area contributed by atoms with Crippen molar-refractivity contribution in [3.05, 3.63) is 35.9 Å². The van der Waals surface area contributed by atoms with Crippen LogP contribution in [0.25, 0.3) is 0 Å². The number of carbonyl (C=O) groups excluding carboxylic acids is 1. The van der Waals surface area contributed by atoms with E-state index >= 15 is 0 Å². The third-order valence-electron chi connectivity index (χ3n) is 3.51. The highest BCUT2D eigenvalue weighted by atomic mass is 16.7. The number of benzene rings is 1. The first-order chi connectivity index (χ1) is 10.5. The number of rotatable bonds is 5. The van der Waals surface area contributed by atoms with Crippen molar-refractivity contribution in [1.82, 2.24) is 5.32 Å². The van der Waals surface area contributed by atoms with E-state index in [9.17, 15) is 20.1 Å². The molecule has 1 aromatic rings. The molecule has 122 valence electrons. The van der Waals surface area contributed by atoms with Crippen molar-refractivity contribution in [2.75, 3.05) is 6.61 Å². The van der Waals surface area contributed by atoms with E-state index in [1.54, 1.807) is 0 Å². The minimum absolute atomic E-state index is 0.211. The summed E-state index contributed by atoms with van der Waals surface area (Å²) in [7, 11) is 0. The Morgan fingerprint density at radius 2 is 1.95 bits per heavy atom. The van der Waals surface area contributed by atoms with E-state index in [1.807, 2.05) is 30.3 Å². The highest BCUT2D eigenvalue weighted by Gasteiger charge is 2.45. The number of hydrogen-bond acceptors (Lipinski definition) is 6. The molecule has 0 saturated carbocycles. The Hall–Kier alpha value is -1.51. The molecule has 0 aliphatic carbocycles. The molecule has 0 radical (unpaired) electrons. The zero-order valence-electron chi connectivity index (χ0n) is 12.3. The molecule has 0 spiro atoms. The lowest BCUT2D eigenvalue weighted by atomic mass is 9.97. The van der Waals surface area contributed by atoms with Crippen LogP contribution >= 0.6 is 0 Å². The number of ether oxygens (including phenoxy) is 2. The average molecular weight is 311 g/mol. The molecule has 1 amide bonds. The monoisotopic (exact) mass is 311 g/mol. The van der Waals surface area contributed by atoms with Crippen molar-refractivity contribution < 1.29 is 29.6 Å². The fraction of sp³-hybridized carbons (Fsp3) is 0.533. The molecular formula is C15H21NO6. The van der Waals surface area contributed by atoms with Gasteiger partial charge in [0.25, 0.3) is 0 Å². The maximum absolute atomic E-state index is 11.3. The molecule has 0 aromatic heterocycles. The van der Waals surface area contributed by atoms with Crippen LogP contribution in [0.15, 0.2) is 30.3 Å². The summed E-state index contributed by atoms with van der Waals surface area (Å²) < 4.78 is 11.1. The Labute approximate surface area is 128 Å². The van der Waals surface area contributed by atoms with Crippen molar-refractivity contribution >= 4 is 5.91 Å². The number of aliphatic hydroxyl groups excluding tert-OH is 3. The second-order valence-electron chi connectivity index (χ2n) is 5.23. The standard InChI is InChI=1S/C15H21NO6/c1-9(18)16-12-14(20)13(19)11(7-17)22-15(12)21-8-10-5-3-2-4-6-10/h2-6,11-15,17,19-20H,7-8H2,1H3,(H,16,18)/t11-,12-,13+,14-,15-/m0/s1. The summed E-state index contributed by atoms with van der Waals surface area (Å²) >= 11 is 0. The lowest BCUT2D eigenvalue weighted by Crippen LogP contribution is -2.64. The van der Waals surface area contributed by atoms with Crippen LogP contribution in [0.4, 0.5) is 0 Å². The molecule has 5 atom stereocenters. The fourth-order valence-electron chi connectivity index (χ4n) is 2.37. The van der Waals surface area contributed by atoms with E-state index in [2.05, 4.69) is 5.32 Å². The zero-order valence-corrected chi connectivity index (χ0v) is 12.3. The van der Waals surface area contributed by atoms with Crippen molar-refractivity contribution in [3.63, 3.8) is 0 Å². The number of hydrogen-bond donors (Lipinski definition) is 4. The van der Waals surface area contributed by atoms with Crippen LogP contribution in [-0.4, -0.2) is 58.5 Å². The number of carbonyl (C=O) groups is 1. The van der Waals surface area contributed by atoms with E-state index in [4.69, 9.17) is 9.47 Å². The van der Waals surface area contributed by atoms with Gasteiger partial charge in [0, 0.05) is 6.92 Å². The number of aliphatic hydroxyl groups is 3. The molecule has 1 aromatic carbocycles. The minimum Gasteiger partial charge on any atom is -0.394 e. The summed E-state index contributed by atoms with van der Waals surface area (Å²) in [6, 6.07) is 8.42. The molecule has 1 fully saturated rings. The second-order valence-corrected chi connectivity index (χ2v) is 5.23. The highest BCUT2D eigenvalue weighted by Crippen LogP contribution is 2.23. The van der Waals surface area contributed by atoms with Gasteiger partial charge in [-0.2, -0.15) is 0 Å². The van der Waals surface area contributed by atoms with Gasteiger partial charge in [0.2, 0.25) is 5.91 Å². The van der Waals surface area contributed by atoms with Crippen LogP contribution in [0.2, 0.25) is 0 Å². The number of nitrogens with one attached hydrogen (secondary N) is 1. The predicted octanol–water partition coefficient (Wildman–Crippen LogP) is -0.853. The molecule has 1 aliphatic heterocycles. The molecule has 7 heteroatoms. The van der Waals surface area contributed by atoms with Gasteiger partial charge in [0.05, 0.1) is 13.2 Å². The zero-order chi connectivity index (χ0) is 16.1. The Balaban J connectivity index is 2.07. The molecule has 0 unspecified atom stereocenters. The summed E-state index contributed by atoms with van der Waals surface area (Å²) in [5.41, 5.74) is 0.897. The van der Waals surface area contributed by atoms with Gasteiger partial charge >= 0.3 is 0 Å². The van der Waals surface area contributed by atoms with Crippen molar-refractivity contribution in [2.45, 2.75) is 44.2 Å². The molecule has 7 nitrogen and oxygen atoms in total. The van der Waals surface area contributed by atoms with Crippen LogP contribution in [-0.2, 0) is 20.9 Å². The quantitative estimate of drug-likeness (QED) is 0.564. The first-order valence-electron chi connectivity index (χ1n) is 7.08. The third kappa shape index (κ3) is 4.02. The van der Waals surface area contributed by atoms with E-state index in [-0.39, 0.29) is 12.5 Å². The van der Waals surface area contributed by atoms with Crippen LogP contribution in [0.3, 0.4) is 0 Å². The van der Waals surface area contributed by atoms with Crippen LogP contribution < -0.4 is 5.32 Å². The van der Waals surface area contributed by atoms with Crippen molar-refractivity contribution in [2.24, 2.45) is 0 Å². The first-order valence-corrected chi connectivity index (χ1v) is 7.08. The van der Waals surface area contributed by atoms with Crippen LogP contribution in [0.1, 0.15) is 12.5 Å². The van der Waals surface area contributed by atoms with Crippen molar-refractivity contribution in [3.8, 4) is 0 Å². The van der Waals surface area contributed by atoms with Crippen LogP contribution in [0, 0.1) is 0 Å². The molecule has 2 rings (SSSR count). The van der Waals surface area contributed by atoms with E-state index in [0.717, 1.165) is 5.56 Å². The van der Waals surface area contributed by atoms with E-state index in [1.165, 1.54) is 6.92 Å². The number of amides is 1. The molecule has 1 heterocycles. The van der Waals surface area contributed by atoms with Gasteiger partial charge in [-0.25, -0.2) is 0 Å². The molecular weight excluding hydrogens is 290 g/mol. The maximum atomic E-state index is 11.3. The molecule has 0 bridgehead atoms. The Kier molecular flexibility index (Phi) is 5.87. The predicted molar refractivity (Wildman–Crippen MR) is 76.6 cm³/mol. The SMILES string of the molecule is CC(=O)N[C@@H]1[C@@H](OCc2ccccc2)O[C@@H](CO)[C@@H](O)[C@H]1O. The summed E-state index contributed by atoms with van der Waals surface area (Å²) in [5, 5.41) is 31.7. The summed E-state index contributed by atoms with van der Waals surface area (Å²) in [6.45, 7) is 1.05. The van der Waals surface area contributed by atoms with E-state index < -0.39 is 37.3 Å². The largest absolute Gasteiger partial charge is 0.394 e.